The number of hydrogen-bond donors (Lipinski definition) is 0. The average molecular weight is 184 g/mol. The highest BCUT2D eigenvalue weighted by molar-refractivity contribution is 6.41. The molecule has 54 valence electrons. The van der Waals surface area contributed by atoms with Gasteiger partial charge >= 0.3 is 0 Å². The minimum Gasteiger partial charge on any atom is -0.192 e. The topological polar surface area (TPSA) is 23.8 Å². The molecule has 11 heavy (non-hydrogen) atoms. The largest absolute Gasteiger partial charge is 0.192 e. The van der Waals surface area contributed by atoms with Gasteiger partial charge < -0.3 is 0 Å². The summed E-state index contributed by atoms with van der Waals surface area (Å²) in [6, 6.07) is 5.36. The van der Waals surface area contributed by atoms with Crippen molar-refractivity contribution in [1.29, 1.82) is 5.26 Å². The van der Waals surface area contributed by atoms with Gasteiger partial charge in [0.15, 0.2) is 0 Å². The molecule has 0 unspecified atom stereocenters. The highest BCUT2D eigenvalue weighted by Crippen LogP contribution is 2.21. The highest BCUT2D eigenvalue weighted by Gasteiger charge is 2.04. The SMILES string of the molecule is Bc1cc(Cl)c(C#N)c(Cl)c1. The molecule has 0 N–H and O–H groups in total. The van der Waals surface area contributed by atoms with Crippen LogP contribution in [0.2, 0.25) is 10.0 Å². The van der Waals surface area contributed by atoms with E-state index in [0.29, 0.717) is 15.6 Å². The van der Waals surface area contributed by atoms with E-state index in [9.17, 15) is 0 Å². The summed E-state index contributed by atoms with van der Waals surface area (Å²) in [6.07, 6.45) is 0. The smallest absolute Gasteiger partial charge is 0.139 e. The van der Waals surface area contributed by atoms with E-state index in [1.165, 1.54) is 0 Å². The number of hydrogen-bond acceptors (Lipinski definition) is 1. The molecule has 1 aromatic carbocycles. The highest BCUT2D eigenvalue weighted by atomic mass is 35.5. The van der Waals surface area contributed by atoms with E-state index in [4.69, 9.17) is 28.5 Å². The molecule has 0 amide bonds. The summed E-state index contributed by atoms with van der Waals surface area (Å²) in [5.74, 6) is 0. The van der Waals surface area contributed by atoms with Crippen molar-refractivity contribution in [2.24, 2.45) is 0 Å². The minimum atomic E-state index is 0.346. The molecule has 0 radical (unpaired) electrons. The van der Waals surface area contributed by atoms with Gasteiger partial charge in [-0.3, -0.25) is 0 Å². The lowest BCUT2D eigenvalue weighted by molar-refractivity contribution is 1.49. The van der Waals surface area contributed by atoms with Crippen LogP contribution in [0.5, 0.6) is 0 Å². The van der Waals surface area contributed by atoms with Crippen molar-refractivity contribution in [3.8, 4) is 6.07 Å². The zero-order chi connectivity index (χ0) is 8.43. The molecule has 0 aromatic heterocycles. The summed E-state index contributed by atoms with van der Waals surface area (Å²) in [5.41, 5.74) is 1.30. The molecule has 0 heterocycles. The maximum Gasteiger partial charge on any atom is 0.139 e. The second-order valence-electron chi connectivity index (χ2n) is 2.22. The number of nitrogens with zero attached hydrogens (tertiary/aromatic N) is 1. The van der Waals surface area contributed by atoms with Crippen molar-refractivity contribution < 1.29 is 0 Å². The summed E-state index contributed by atoms with van der Waals surface area (Å²) < 4.78 is 0. The van der Waals surface area contributed by atoms with Gasteiger partial charge in [0.25, 0.3) is 0 Å². The maximum atomic E-state index is 8.57. The Morgan fingerprint density at radius 1 is 1.27 bits per heavy atom. The van der Waals surface area contributed by atoms with Gasteiger partial charge in [0.2, 0.25) is 0 Å². The van der Waals surface area contributed by atoms with Gasteiger partial charge in [-0.1, -0.05) is 28.7 Å². The lowest BCUT2D eigenvalue weighted by Gasteiger charge is -1.99. The van der Waals surface area contributed by atoms with Crippen molar-refractivity contribution in [1.82, 2.24) is 0 Å². The molecule has 0 saturated carbocycles. The summed E-state index contributed by atoms with van der Waals surface area (Å²) in [7, 11) is 1.87. The van der Waals surface area contributed by atoms with Gasteiger partial charge in [0.05, 0.1) is 15.6 Å². The normalized spacial score (nSPS) is 9.18. The number of benzene rings is 1. The van der Waals surface area contributed by atoms with E-state index in [-0.39, 0.29) is 0 Å². The Morgan fingerprint density at radius 2 is 1.73 bits per heavy atom. The Kier molecular flexibility index (Phi) is 2.43. The number of nitriles is 1. The molecule has 0 bridgehead atoms. The van der Waals surface area contributed by atoms with Crippen molar-refractivity contribution in [3.63, 3.8) is 0 Å². The first-order chi connectivity index (χ1) is 5.15. The van der Waals surface area contributed by atoms with Crippen LogP contribution in [-0.2, 0) is 0 Å². The Hall–Kier alpha value is -0.645. The van der Waals surface area contributed by atoms with Crippen LogP contribution in [-0.4, -0.2) is 7.85 Å². The fourth-order valence-corrected chi connectivity index (χ4v) is 1.49. The molecule has 0 spiro atoms. The third-order valence-corrected chi connectivity index (χ3v) is 1.89. The second-order valence-corrected chi connectivity index (χ2v) is 3.03. The third kappa shape index (κ3) is 1.68. The Balaban J connectivity index is 3.40. The molecule has 0 saturated heterocycles. The van der Waals surface area contributed by atoms with Gasteiger partial charge in [0.1, 0.15) is 13.9 Å². The summed E-state index contributed by atoms with van der Waals surface area (Å²) >= 11 is 11.5. The van der Waals surface area contributed by atoms with E-state index in [1.807, 2.05) is 13.9 Å². The van der Waals surface area contributed by atoms with E-state index in [2.05, 4.69) is 0 Å². The standard InChI is InChI=1S/C7H4BCl2N/c8-4-1-6(9)5(3-11)7(10)2-4/h1-2H,8H2. The van der Waals surface area contributed by atoms with Crippen LogP contribution in [0.3, 0.4) is 0 Å². The molecule has 1 nitrogen and oxygen atoms in total. The van der Waals surface area contributed by atoms with Crippen LogP contribution >= 0.6 is 23.2 Å². The van der Waals surface area contributed by atoms with Crippen LogP contribution in [0.15, 0.2) is 12.1 Å². The van der Waals surface area contributed by atoms with Gasteiger partial charge in [0, 0.05) is 0 Å². The van der Waals surface area contributed by atoms with Crippen molar-refractivity contribution in [2.75, 3.05) is 0 Å². The van der Waals surface area contributed by atoms with E-state index in [1.54, 1.807) is 12.1 Å². The van der Waals surface area contributed by atoms with Crippen LogP contribution in [0, 0.1) is 11.3 Å². The second kappa shape index (κ2) is 3.17. The fourth-order valence-electron chi connectivity index (χ4n) is 0.807. The molecule has 0 fully saturated rings. The first-order valence-electron chi connectivity index (χ1n) is 3.01. The van der Waals surface area contributed by atoms with E-state index < -0.39 is 0 Å². The first kappa shape index (κ1) is 8.45. The minimum absolute atomic E-state index is 0.346. The van der Waals surface area contributed by atoms with Gasteiger partial charge in [-0.15, -0.1) is 0 Å². The lowest BCUT2D eigenvalue weighted by Crippen LogP contribution is -2.02. The summed E-state index contributed by atoms with van der Waals surface area (Å²) in [6.45, 7) is 0. The monoisotopic (exact) mass is 183 g/mol. The molecule has 1 rings (SSSR count). The van der Waals surface area contributed by atoms with Crippen molar-refractivity contribution >= 4 is 36.5 Å². The van der Waals surface area contributed by atoms with Gasteiger partial charge in [-0.2, -0.15) is 5.26 Å². The molecular formula is C7H4BCl2N. The average Bonchev–Trinajstić information content (AvgIpc) is 1.85. The molecule has 0 atom stereocenters. The van der Waals surface area contributed by atoms with E-state index in [0.717, 1.165) is 5.46 Å². The molecule has 0 aliphatic heterocycles. The Bertz CT molecular complexity index is 307. The number of halogens is 2. The molecule has 0 aliphatic rings. The summed E-state index contributed by atoms with van der Waals surface area (Å²) in [5, 5.41) is 9.40. The summed E-state index contributed by atoms with van der Waals surface area (Å²) in [4.78, 5) is 0. The molecule has 1 aromatic rings. The van der Waals surface area contributed by atoms with E-state index >= 15 is 0 Å². The van der Waals surface area contributed by atoms with Crippen LogP contribution < -0.4 is 5.46 Å². The predicted molar refractivity (Wildman–Crippen MR) is 49.4 cm³/mol. The zero-order valence-corrected chi connectivity index (χ0v) is 7.37. The third-order valence-electron chi connectivity index (χ3n) is 1.30. The van der Waals surface area contributed by atoms with Crippen molar-refractivity contribution in [2.45, 2.75) is 0 Å². The van der Waals surface area contributed by atoms with Gasteiger partial charge in [-0.25, -0.2) is 0 Å². The Morgan fingerprint density at radius 3 is 2.09 bits per heavy atom. The van der Waals surface area contributed by atoms with Crippen LogP contribution in [0.1, 0.15) is 5.56 Å². The van der Waals surface area contributed by atoms with Gasteiger partial charge in [-0.05, 0) is 12.1 Å². The van der Waals surface area contributed by atoms with Crippen molar-refractivity contribution in [3.05, 3.63) is 27.7 Å². The van der Waals surface area contributed by atoms with Crippen LogP contribution in [0.4, 0.5) is 0 Å². The molecule has 0 aliphatic carbocycles. The quantitative estimate of drug-likeness (QED) is 0.554. The van der Waals surface area contributed by atoms with Crippen LogP contribution in [0.25, 0.3) is 0 Å². The fraction of sp³-hybridized carbons (Fsp3) is 0. The Labute approximate surface area is 75.9 Å². The molecular weight excluding hydrogens is 180 g/mol. The lowest BCUT2D eigenvalue weighted by atomic mass is 9.95. The molecule has 4 heteroatoms. The zero-order valence-electron chi connectivity index (χ0n) is 5.86. The maximum absolute atomic E-state index is 8.57. The predicted octanol–water partition coefficient (Wildman–Crippen LogP) is 1.12. The number of rotatable bonds is 0. The first-order valence-corrected chi connectivity index (χ1v) is 3.76.